The monoisotopic (exact) mass is 567 g/mol. The molecule has 2 aromatic carbocycles. The first-order valence-electron chi connectivity index (χ1n) is 8.97. The average Bonchev–Trinajstić information content (AvgIpc) is 2.65. The van der Waals surface area contributed by atoms with E-state index in [0.29, 0.717) is 37.3 Å². The Morgan fingerprint density at radius 3 is 1.50 bits per heavy atom. The van der Waals surface area contributed by atoms with Gasteiger partial charge in [-0.3, -0.25) is 9.98 Å². The molecule has 2 aromatic rings. The van der Waals surface area contributed by atoms with E-state index in [9.17, 15) is 20.4 Å². The number of halogens is 1. The summed E-state index contributed by atoms with van der Waals surface area (Å²) in [7, 11) is 0. The van der Waals surface area contributed by atoms with Crippen LogP contribution in [0.4, 0.5) is 0 Å². The normalized spacial score (nSPS) is 10.8. The van der Waals surface area contributed by atoms with Crippen molar-refractivity contribution in [3.63, 3.8) is 0 Å². The Kier molecular flexibility index (Phi) is 14.9. The van der Waals surface area contributed by atoms with Gasteiger partial charge >= 0.3 is 17.1 Å². The van der Waals surface area contributed by atoms with Gasteiger partial charge in [0.2, 0.25) is 0 Å². The Morgan fingerprint density at radius 1 is 0.733 bits per heavy atom. The minimum absolute atomic E-state index is 0. The van der Waals surface area contributed by atoms with Crippen molar-refractivity contribution in [2.45, 2.75) is 0 Å². The molecule has 10 heteroatoms. The van der Waals surface area contributed by atoms with Crippen molar-refractivity contribution in [1.29, 1.82) is 0 Å². The summed E-state index contributed by atoms with van der Waals surface area (Å²) in [5, 5.41) is 47.9. The SMILES string of the molecule is [Fe+5].[I-].[O-]c1cc(O)ccc1C=NCCNCCNCCN=Cc1ccc(O)cc1[O-]. The molecular weight excluding hydrogens is 543 g/mol. The number of hydrogen-bond acceptors (Lipinski definition) is 8. The second kappa shape index (κ2) is 15.9. The topological polar surface area (TPSA) is 135 Å². The number of hydrogen-bond donors (Lipinski definition) is 4. The van der Waals surface area contributed by atoms with Crippen LogP contribution in [0.1, 0.15) is 11.1 Å². The van der Waals surface area contributed by atoms with Crippen LogP contribution in [0, 0.1) is 0 Å². The second-order valence-electron chi connectivity index (χ2n) is 6.01. The summed E-state index contributed by atoms with van der Waals surface area (Å²) in [5.74, 6) is -0.587. The Hall–Kier alpha value is -1.85. The van der Waals surface area contributed by atoms with Crippen molar-refractivity contribution in [2.75, 3.05) is 39.3 Å². The summed E-state index contributed by atoms with van der Waals surface area (Å²) < 4.78 is 0. The van der Waals surface area contributed by atoms with E-state index in [1.54, 1.807) is 12.1 Å². The van der Waals surface area contributed by atoms with E-state index in [4.69, 9.17) is 0 Å². The molecule has 0 aromatic heterocycles. The van der Waals surface area contributed by atoms with Crippen LogP contribution in [0.5, 0.6) is 23.0 Å². The number of rotatable bonds is 11. The number of aromatic hydroxyl groups is 2. The molecule has 0 spiro atoms. The first kappa shape index (κ1) is 28.1. The minimum atomic E-state index is -0.250. The predicted molar refractivity (Wildman–Crippen MR) is 106 cm³/mol. The van der Waals surface area contributed by atoms with Gasteiger partial charge in [-0.25, -0.2) is 0 Å². The largest absolute Gasteiger partial charge is 5.00 e. The molecule has 0 aliphatic rings. The number of phenols is 2. The summed E-state index contributed by atoms with van der Waals surface area (Å²) in [6.07, 6.45) is 3.03. The molecule has 0 saturated heterocycles. The van der Waals surface area contributed by atoms with Crippen LogP contribution >= 0.6 is 0 Å². The molecule has 2 rings (SSSR count). The van der Waals surface area contributed by atoms with Crippen molar-refractivity contribution in [2.24, 2.45) is 9.98 Å². The minimum Gasteiger partial charge on any atom is -1.00 e. The van der Waals surface area contributed by atoms with E-state index in [1.165, 1.54) is 36.7 Å². The standard InChI is InChI=1S/C20H26N4O4.Fe.HI/c25-17-3-1-15(19(27)11-17)13-23-9-7-21-5-6-22-8-10-24-14-16-2-4-18(26)12-20(16)28;;/h1-4,11-14,21-22,25-28H,5-10H2;;1H/q;+5;/p-3. The van der Waals surface area contributed by atoms with E-state index in [-0.39, 0.29) is 64.0 Å². The van der Waals surface area contributed by atoms with Crippen LogP contribution in [0.25, 0.3) is 0 Å². The summed E-state index contributed by atoms with van der Waals surface area (Å²) in [6, 6.07) is 8.34. The van der Waals surface area contributed by atoms with Crippen molar-refractivity contribution < 1.29 is 61.5 Å². The van der Waals surface area contributed by atoms with Crippen LogP contribution in [0.2, 0.25) is 0 Å². The maximum Gasteiger partial charge on any atom is 5.00 e. The fourth-order valence-corrected chi connectivity index (χ4v) is 2.30. The van der Waals surface area contributed by atoms with E-state index in [2.05, 4.69) is 20.6 Å². The molecule has 161 valence electrons. The van der Waals surface area contributed by atoms with Crippen molar-refractivity contribution in [3.05, 3.63) is 47.5 Å². The van der Waals surface area contributed by atoms with Crippen LogP contribution in [0.15, 0.2) is 46.4 Å². The quantitative estimate of drug-likeness (QED) is 0.0989. The van der Waals surface area contributed by atoms with Gasteiger partial charge < -0.3 is 55.0 Å². The molecule has 1 radical (unpaired) electrons. The van der Waals surface area contributed by atoms with E-state index < -0.39 is 0 Å². The number of aliphatic imine (C=N–C) groups is 2. The molecule has 0 bridgehead atoms. The maximum atomic E-state index is 11.6. The fraction of sp³-hybridized carbons (Fsp3) is 0.300. The number of nitrogens with one attached hydrogen (secondary N) is 2. The number of phenolic OH excluding ortho intramolecular Hbond substituents is 2. The predicted octanol–water partition coefficient (Wildman–Crippen LogP) is -3.04. The molecular formula is C20H24FeIN4O4+2. The summed E-state index contributed by atoms with van der Waals surface area (Å²) >= 11 is 0. The first-order valence-corrected chi connectivity index (χ1v) is 8.97. The van der Waals surface area contributed by atoms with Gasteiger partial charge in [0, 0.05) is 38.6 Å². The van der Waals surface area contributed by atoms with Crippen LogP contribution in [0.3, 0.4) is 0 Å². The van der Waals surface area contributed by atoms with Crippen molar-refractivity contribution in [3.8, 4) is 23.0 Å². The summed E-state index contributed by atoms with van der Waals surface area (Å²) in [6.45, 7) is 4.02. The molecule has 8 nitrogen and oxygen atoms in total. The Balaban J connectivity index is 0.00000420. The second-order valence-corrected chi connectivity index (χ2v) is 6.01. The van der Waals surface area contributed by atoms with Gasteiger partial charge in [0.15, 0.2) is 0 Å². The Labute approximate surface area is 203 Å². The third-order valence-corrected chi connectivity index (χ3v) is 3.77. The molecule has 0 atom stereocenters. The molecule has 0 unspecified atom stereocenters. The van der Waals surface area contributed by atoms with Crippen LogP contribution in [-0.2, 0) is 17.1 Å². The van der Waals surface area contributed by atoms with Gasteiger partial charge in [0.25, 0.3) is 0 Å². The fourth-order valence-electron chi connectivity index (χ4n) is 2.30. The van der Waals surface area contributed by atoms with Gasteiger partial charge in [-0.1, -0.05) is 23.6 Å². The van der Waals surface area contributed by atoms with Gasteiger partial charge in [-0.15, -0.1) is 0 Å². The van der Waals surface area contributed by atoms with Crippen LogP contribution in [-0.4, -0.2) is 61.9 Å². The zero-order valence-electron chi connectivity index (χ0n) is 16.2. The third-order valence-electron chi connectivity index (χ3n) is 3.77. The Morgan fingerprint density at radius 2 is 1.13 bits per heavy atom. The van der Waals surface area contributed by atoms with Gasteiger partial charge in [0.05, 0.1) is 13.1 Å². The van der Waals surface area contributed by atoms with E-state index in [1.807, 2.05) is 0 Å². The molecule has 30 heavy (non-hydrogen) atoms. The van der Waals surface area contributed by atoms with Crippen LogP contribution < -0.4 is 44.8 Å². The molecule has 4 N–H and O–H groups in total. The smallest absolute Gasteiger partial charge is 1.00 e. The average molecular weight is 567 g/mol. The van der Waals surface area contributed by atoms with Gasteiger partial charge in [-0.2, -0.15) is 0 Å². The number of benzene rings is 2. The van der Waals surface area contributed by atoms with E-state index in [0.717, 1.165) is 13.1 Å². The molecule has 0 saturated carbocycles. The molecule has 0 fully saturated rings. The first-order chi connectivity index (χ1) is 13.6. The third kappa shape index (κ3) is 10.8. The van der Waals surface area contributed by atoms with Gasteiger partial charge in [0.1, 0.15) is 11.5 Å². The maximum absolute atomic E-state index is 11.6. The van der Waals surface area contributed by atoms with Crippen molar-refractivity contribution in [1.82, 2.24) is 10.6 Å². The molecule has 0 heterocycles. The van der Waals surface area contributed by atoms with Gasteiger partial charge in [-0.05, 0) is 35.4 Å². The molecule has 0 aliphatic carbocycles. The van der Waals surface area contributed by atoms with Crippen molar-refractivity contribution >= 4 is 12.4 Å². The Bertz CT molecular complexity index is 754. The zero-order chi connectivity index (χ0) is 20.2. The zero-order valence-corrected chi connectivity index (χ0v) is 19.5. The summed E-state index contributed by atoms with van der Waals surface area (Å²) in [5.41, 5.74) is 0.910. The number of nitrogens with zero attached hydrogens (tertiary/aromatic N) is 2. The molecule has 0 amide bonds. The summed E-state index contributed by atoms with van der Waals surface area (Å²) in [4.78, 5) is 8.36. The molecule has 0 aliphatic heterocycles. The van der Waals surface area contributed by atoms with E-state index >= 15 is 0 Å².